The molecule has 0 heterocycles. The van der Waals surface area contributed by atoms with Crippen molar-refractivity contribution in [3.63, 3.8) is 0 Å². The quantitative estimate of drug-likeness (QED) is 0.597. The third-order valence-corrected chi connectivity index (χ3v) is 1.52. The Labute approximate surface area is 67.3 Å². The van der Waals surface area contributed by atoms with Crippen LogP contribution in [-0.2, 0) is 4.74 Å². The molecule has 0 amide bonds. The second-order valence-corrected chi connectivity index (χ2v) is 2.23. The Hall–Kier alpha value is -1.08. The van der Waals surface area contributed by atoms with Gasteiger partial charge in [0.15, 0.2) is 0 Å². The Bertz CT molecular complexity index is 216. The van der Waals surface area contributed by atoms with Crippen LogP contribution in [-0.4, -0.2) is 0 Å². The molecular formula is C10H11O. The Morgan fingerprint density at radius 1 is 1.27 bits per heavy atom. The first-order valence-corrected chi connectivity index (χ1v) is 3.47. The lowest BCUT2D eigenvalue weighted by Gasteiger charge is -2.09. The molecule has 0 spiro atoms. The number of benzene rings is 1. The van der Waals surface area contributed by atoms with Crippen LogP contribution in [0.3, 0.4) is 0 Å². The van der Waals surface area contributed by atoms with Gasteiger partial charge in [-0.1, -0.05) is 36.4 Å². The zero-order chi connectivity index (χ0) is 8.10. The Morgan fingerprint density at radius 3 is 2.36 bits per heavy atom. The van der Waals surface area contributed by atoms with E-state index in [1.165, 1.54) is 0 Å². The van der Waals surface area contributed by atoms with Gasteiger partial charge in [-0.15, -0.1) is 6.58 Å². The van der Waals surface area contributed by atoms with Gasteiger partial charge >= 0.3 is 0 Å². The zero-order valence-corrected chi connectivity index (χ0v) is 6.36. The van der Waals surface area contributed by atoms with Crippen molar-refractivity contribution in [2.24, 2.45) is 0 Å². The molecule has 0 fully saturated rings. The summed E-state index contributed by atoms with van der Waals surface area (Å²) in [6, 6.07) is 9.86. The normalized spacial score (nSPS) is 12.5. The maximum Gasteiger partial charge on any atom is 0.100 e. The highest BCUT2D eigenvalue weighted by Gasteiger charge is 2.02. The summed E-state index contributed by atoms with van der Waals surface area (Å²) in [6.07, 6.45) is 1.64. The minimum Gasteiger partial charge on any atom is -0.367 e. The molecule has 0 aliphatic rings. The second-order valence-electron chi connectivity index (χ2n) is 2.23. The minimum atomic E-state index is -0.0869. The molecule has 0 N–H and O–H groups in total. The van der Waals surface area contributed by atoms with Gasteiger partial charge in [-0.3, -0.25) is 0 Å². The lowest BCUT2D eigenvalue weighted by atomic mass is 10.1. The molecule has 1 aromatic rings. The van der Waals surface area contributed by atoms with Gasteiger partial charge in [0.25, 0.3) is 0 Å². The summed E-state index contributed by atoms with van der Waals surface area (Å²) >= 11 is 0. The maximum absolute atomic E-state index is 4.92. The van der Waals surface area contributed by atoms with Crippen LogP contribution in [0.25, 0.3) is 0 Å². The Kier molecular flexibility index (Phi) is 2.87. The van der Waals surface area contributed by atoms with Crippen LogP contribution < -0.4 is 0 Å². The van der Waals surface area contributed by atoms with E-state index in [2.05, 4.69) is 13.7 Å². The van der Waals surface area contributed by atoms with E-state index in [9.17, 15) is 0 Å². The van der Waals surface area contributed by atoms with Crippen molar-refractivity contribution in [2.75, 3.05) is 0 Å². The third-order valence-electron chi connectivity index (χ3n) is 1.52. The highest BCUT2D eigenvalue weighted by molar-refractivity contribution is 5.20. The van der Waals surface area contributed by atoms with E-state index in [0.717, 1.165) is 5.56 Å². The molecule has 1 aromatic carbocycles. The summed E-state index contributed by atoms with van der Waals surface area (Å²) in [5, 5.41) is 0. The number of rotatable bonds is 3. The van der Waals surface area contributed by atoms with Crippen molar-refractivity contribution in [2.45, 2.75) is 6.10 Å². The first-order chi connectivity index (χ1) is 5.38. The van der Waals surface area contributed by atoms with Crippen molar-refractivity contribution < 1.29 is 4.74 Å². The van der Waals surface area contributed by atoms with E-state index >= 15 is 0 Å². The van der Waals surface area contributed by atoms with Crippen LogP contribution in [0.15, 0.2) is 43.0 Å². The van der Waals surface area contributed by atoms with Crippen molar-refractivity contribution in [1.29, 1.82) is 0 Å². The highest BCUT2D eigenvalue weighted by Crippen LogP contribution is 2.16. The maximum atomic E-state index is 4.92. The number of hydrogen-bond acceptors (Lipinski definition) is 1. The second kappa shape index (κ2) is 3.94. The van der Waals surface area contributed by atoms with Gasteiger partial charge in [0.05, 0.1) is 7.11 Å². The van der Waals surface area contributed by atoms with Gasteiger partial charge in [0, 0.05) is 0 Å². The van der Waals surface area contributed by atoms with Gasteiger partial charge in [-0.25, -0.2) is 0 Å². The monoisotopic (exact) mass is 147 g/mol. The average molecular weight is 147 g/mol. The van der Waals surface area contributed by atoms with Gasteiger partial charge in [-0.05, 0) is 5.56 Å². The van der Waals surface area contributed by atoms with Crippen molar-refractivity contribution >= 4 is 0 Å². The predicted molar refractivity (Wildman–Crippen MR) is 45.8 cm³/mol. The Balaban J connectivity index is 2.82. The summed E-state index contributed by atoms with van der Waals surface area (Å²) in [5.74, 6) is 0. The topological polar surface area (TPSA) is 9.23 Å². The van der Waals surface area contributed by atoms with Crippen LogP contribution >= 0.6 is 0 Å². The largest absolute Gasteiger partial charge is 0.367 e. The lowest BCUT2D eigenvalue weighted by Crippen LogP contribution is -1.94. The Morgan fingerprint density at radius 2 is 1.91 bits per heavy atom. The molecule has 1 atom stereocenters. The molecule has 1 rings (SSSR count). The van der Waals surface area contributed by atoms with Crippen LogP contribution in [0.2, 0.25) is 0 Å². The van der Waals surface area contributed by atoms with Crippen LogP contribution in [0, 0.1) is 7.11 Å². The van der Waals surface area contributed by atoms with Crippen LogP contribution in [0.1, 0.15) is 11.7 Å². The van der Waals surface area contributed by atoms with E-state index in [4.69, 9.17) is 4.74 Å². The van der Waals surface area contributed by atoms with E-state index in [1.807, 2.05) is 30.3 Å². The molecule has 57 valence electrons. The zero-order valence-electron chi connectivity index (χ0n) is 6.36. The molecular weight excluding hydrogens is 136 g/mol. The molecule has 0 saturated carbocycles. The molecule has 0 bridgehead atoms. The predicted octanol–water partition coefficient (Wildman–Crippen LogP) is 2.72. The lowest BCUT2D eigenvalue weighted by molar-refractivity contribution is 0.183. The SMILES string of the molecule is [CH2]OC(C=C)c1ccccc1. The molecule has 1 heteroatoms. The van der Waals surface area contributed by atoms with E-state index < -0.39 is 0 Å². The summed E-state index contributed by atoms with van der Waals surface area (Å²) in [7, 11) is 3.36. The van der Waals surface area contributed by atoms with Crippen LogP contribution in [0.5, 0.6) is 0 Å². The molecule has 1 radical (unpaired) electrons. The summed E-state index contributed by atoms with van der Waals surface area (Å²) < 4.78 is 4.92. The molecule has 0 aromatic heterocycles. The smallest absolute Gasteiger partial charge is 0.100 e. The highest BCUT2D eigenvalue weighted by atomic mass is 16.5. The van der Waals surface area contributed by atoms with Gasteiger partial charge in [-0.2, -0.15) is 0 Å². The molecule has 0 saturated heterocycles. The average Bonchev–Trinajstić information content (AvgIpc) is 2.09. The molecule has 11 heavy (non-hydrogen) atoms. The van der Waals surface area contributed by atoms with Gasteiger partial charge in [0.1, 0.15) is 6.10 Å². The molecule has 1 nitrogen and oxygen atoms in total. The standard InChI is InChI=1S/C10H11O/c1-3-10(11-2)9-7-5-4-6-8-9/h3-8,10H,1-2H2. The molecule has 1 unspecified atom stereocenters. The van der Waals surface area contributed by atoms with E-state index in [1.54, 1.807) is 6.08 Å². The first kappa shape index (κ1) is 8.02. The van der Waals surface area contributed by atoms with Gasteiger partial charge < -0.3 is 4.74 Å². The van der Waals surface area contributed by atoms with Crippen molar-refractivity contribution in [3.05, 3.63) is 55.7 Å². The summed E-state index contributed by atoms with van der Waals surface area (Å²) in [6.45, 7) is 3.64. The fraction of sp³-hybridized carbons (Fsp3) is 0.100. The van der Waals surface area contributed by atoms with Crippen LogP contribution in [0.4, 0.5) is 0 Å². The summed E-state index contributed by atoms with van der Waals surface area (Å²) in [5.41, 5.74) is 1.08. The molecule has 0 aliphatic heterocycles. The van der Waals surface area contributed by atoms with Crippen molar-refractivity contribution in [3.8, 4) is 0 Å². The number of ether oxygens (including phenoxy) is 1. The minimum absolute atomic E-state index is 0.0869. The third kappa shape index (κ3) is 1.92. The summed E-state index contributed by atoms with van der Waals surface area (Å²) in [4.78, 5) is 0. The van der Waals surface area contributed by atoms with Gasteiger partial charge in [0.2, 0.25) is 0 Å². The number of hydrogen-bond donors (Lipinski definition) is 0. The van der Waals surface area contributed by atoms with E-state index in [-0.39, 0.29) is 6.10 Å². The fourth-order valence-corrected chi connectivity index (χ4v) is 0.943. The fourth-order valence-electron chi connectivity index (χ4n) is 0.943. The molecule has 0 aliphatic carbocycles. The van der Waals surface area contributed by atoms with E-state index in [0.29, 0.717) is 0 Å². The van der Waals surface area contributed by atoms with Crippen molar-refractivity contribution in [1.82, 2.24) is 0 Å². The first-order valence-electron chi connectivity index (χ1n) is 3.47.